The third kappa shape index (κ3) is 5.67. The quantitative estimate of drug-likeness (QED) is 0.525. The van der Waals surface area contributed by atoms with Crippen LogP contribution in [0.2, 0.25) is 0 Å². The van der Waals surface area contributed by atoms with Gasteiger partial charge in [0, 0.05) is 42.9 Å². The van der Waals surface area contributed by atoms with Crippen molar-refractivity contribution in [1.82, 2.24) is 15.3 Å². The van der Waals surface area contributed by atoms with Crippen molar-refractivity contribution in [3.05, 3.63) is 60.0 Å². The van der Waals surface area contributed by atoms with E-state index < -0.39 is 5.82 Å². The second-order valence-corrected chi connectivity index (χ2v) is 8.52. The second kappa shape index (κ2) is 10.7. The first-order valence-corrected chi connectivity index (χ1v) is 11.7. The molecular formula is C26H26FN5O3. The number of hydrogen-bond acceptors (Lipinski definition) is 8. The molecule has 180 valence electrons. The zero-order chi connectivity index (χ0) is 24.0. The largest absolute Gasteiger partial charge is 0.489 e. The Balaban J connectivity index is 1.32. The van der Waals surface area contributed by atoms with Crippen molar-refractivity contribution in [2.45, 2.75) is 31.5 Å². The topological polar surface area (TPSA) is 101 Å². The SMILES string of the molecule is N#Cc1cc(-c2ccnc(Nc3ccc(F)c(OC4CCNC4)c3)n2)ccc1OC1CCOCC1. The molecule has 3 aromatic rings. The molecule has 0 amide bonds. The lowest BCUT2D eigenvalue weighted by atomic mass is 10.1. The van der Waals surface area contributed by atoms with Crippen LogP contribution in [0.3, 0.4) is 0 Å². The molecule has 8 nitrogen and oxygen atoms in total. The van der Waals surface area contributed by atoms with Gasteiger partial charge in [0.15, 0.2) is 11.6 Å². The molecule has 1 unspecified atom stereocenters. The maximum absolute atomic E-state index is 14.3. The van der Waals surface area contributed by atoms with E-state index in [2.05, 4.69) is 26.7 Å². The van der Waals surface area contributed by atoms with E-state index in [9.17, 15) is 9.65 Å². The Bertz CT molecular complexity index is 1220. The standard InChI is InChI=1S/C26H26FN5O3/c27-22-3-2-19(14-25(22)35-21-5-9-29-16-21)31-26-30-10-6-23(32-26)17-1-4-24(18(13-17)15-28)34-20-7-11-33-12-8-20/h1-4,6,10,13-14,20-21,29H,5,7-9,11-12,16H2,(H,30,31,32). The molecule has 5 rings (SSSR count). The maximum Gasteiger partial charge on any atom is 0.227 e. The molecule has 2 aliphatic rings. The monoisotopic (exact) mass is 475 g/mol. The van der Waals surface area contributed by atoms with Crippen LogP contribution in [0.5, 0.6) is 11.5 Å². The predicted octanol–water partition coefficient (Wildman–Crippen LogP) is 4.20. The molecule has 0 saturated carbocycles. The summed E-state index contributed by atoms with van der Waals surface area (Å²) in [6, 6.07) is 14.0. The molecule has 2 aromatic carbocycles. The van der Waals surface area contributed by atoms with E-state index in [-0.39, 0.29) is 18.0 Å². The highest BCUT2D eigenvalue weighted by Crippen LogP contribution is 2.29. The van der Waals surface area contributed by atoms with Crippen molar-refractivity contribution in [1.29, 1.82) is 5.26 Å². The molecule has 0 aliphatic carbocycles. The zero-order valence-electron chi connectivity index (χ0n) is 19.2. The number of hydrogen-bond donors (Lipinski definition) is 2. The molecule has 35 heavy (non-hydrogen) atoms. The number of aromatic nitrogens is 2. The maximum atomic E-state index is 14.3. The molecule has 2 aliphatic heterocycles. The molecule has 3 heterocycles. The van der Waals surface area contributed by atoms with Gasteiger partial charge in [0.05, 0.1) is 24.5 Å². The fourth-order valence-corrected chi connectivity index (χ4v) is 4.14. The van der Waals surface area contributed by atoms with Crippen LogP contribution in [0.15, 0.2) is 48.7 Å². The third-order valence-electron chi connectivity index (χ3n) is 6.01. The highest BCUT2D eigenvalue weighted by atomic mass is 19.1. The van der Waals surface area contributed by atoms with Crippen LogP contribution >= 0.6 is 0 Å². The molecule has 0 bridgehead atoms. The summed E-state index contributed by atoms with van der Waals surface area (Å²) in [5.74, 6) is 0.693. The lowest BCUT2D eigenvalue weighted by Crippen LogP contribution is -2.26. The minimum atomic E-state index is -0.413. The van der Waals surface area contributed by atoms with Crippen LogP contribution in [0.1, 0.15) is 24.8 Å². The van der Waals surface area contributed by atoms with Gasteiger partial charge in [-0.05, 0) is 49.4 Å². The summed E-state index contributed by atoms with van der Waals surface area (Å²) < 4.78 is 31.5. The van der Waals surface area contributed by atoms with Gasteiger partial charge in [-0.25, -0.2) is 14.4 Å². The van der Waals surface area contributed by atoms with E-state index in [1.54, 1.807) is 36.5 Å². The molecule has 0 radical (unpaired) electrons. The Kier molecular flexibility index (Phi) is 7.02. The summed E-state index contributed by atoms with van der Waals surface area (Å²) in [5.41, 5.74) is 2.47. The van der Waals surface area contributed by atoms with E-state index in [1.165, 1.54) is 6.07 Å². The number of rotatable bonds is 7. The minimum absolute atomic E-state index is 0.0473. The van der Waals surface area contributed by atoms with Crippen LogP contribution in [-0.2, 0) is 4.74 Å². The first-order chi connectivity index (χ1) is 17.2. The van der Waals surface area contributed by atoms with Crippen LogP contribution in [-0.4, -0.2) is 48.5 Å². The van der Waals surface area contributed by atoms with E-state index >= 15 is 0 Å². The summed E-state index contributed by atoms with van der Waals surface area (Å²) >= 11 is 0. The molecule has 1 atom stereocenters. The van der Waals surface area contributed by atoms with Gasteiger partial charge in [-0.1, -0.05) is 0 Å². The fourth-order valence-electron chi connectivity index (χ4n) is 4.14. The van der Waals surface area contributed by atoms with Crippen LogP contribution in [0.25, 0.3) is 11.3 Å². The highest BCUT2D eigenvalue weighted by Gasteiger charge is 2.19. The molecule has 9 heteroatoms. The average Bonchev–Trinajstić information content (AvgIpc) is 3.40. The number of nitrogens with one attached hydrogen (secondary N) is 2. The smallest absolute Gasteiger partial charge is 0.227 e. The van der Waals surface area contributed by atoms with Crippen molar-refractivity contribution in [3.63, 3.8) is 0 Å². The van der Waals surface area contributed by atoms with Crippen molar-refractivity contribution < 1.29 is 18.6 Å². The van der Waals surface area contributed by atoms with Crippen LogP contribution in [0, 0.1) is 17.1 Å². The fraction of sp³-hybridized carbons (Fsp3) is 0.346. The Morgan fingerprint density at radius 1 is 1.03 bits per heavy atom. The Hall–Kier alpha value is -3.74. The van der Waals surface area contributed by atoms with Gasteiger partial charge in [0.1, 0.15) is 24.0 Å². The lowest BCUT2D eigenvalue weighted by molar-refractivity contribution is 0.0254. The number of halogens is 1. The third-order valence-corrected chi connectivity index (χ3v) is 6.01. The Morgan fingerprint density at radius 3 is 2.69 bits per heavy atom. The lowest BCUT2D eigenvalue weighted by Gasteiger charge is -2.23. The van der Waals surface area contributed by atoms with Gasteiger partial charge in [-0.2, -0.15) is 5.26 Å². The van der Waals surface area contributed by atoms with E-state index in [4.69, 9.17) is 14.2 Å². The second-order valence-electron chi connectivity index (χ2n) is 8.52. The number of anilines is 2. The van der Waals surface area contributed by atoms with Gasteiger partial charge >= 0.3 is 0 Å². The summed E-state index contributed by atoms with van der Waals surface area (Å²) in [7, 11) is 0. The number of nitrogens with zero attached hydrogens (tertiary/aromatic N) is 3. The molecule has 2 N–H and O–H groups in total. The van der Waals surface area contributed by atoms with Gasteiger partial charge in [0.25, 0.3) is 0 Å². The van der Waals surface area contributed by atoms with E-state index in [0.717, 1.165) is 31.4 Å². The number of nitriles is 1. The molecule has 2 fully saturated rings. The van der Waals surface area contributed by atoms with Crippen LogP contribution in [0.4, 0.5) is 16.0 Å². The average molecular weight is 476 g/mol. The normalized spacial score (nSPS) is 18.1. The van der Waals surface area contributed by atoms with Crippen LogP contribution < -0.4 is 20.1 Å². The van der Waals surface area contributed by atoms with E-state index in [0.29, 0.717) is 48.4 Å². The summed E-state index contributed by atoms with van der Waals surface area (Å²) in [6.45, 7) is 2.90. The summed E-state index contributed by atoms with van der Waals surface area (Å²) in [6.07, 6.45) is 4.08. The molecule has 1 aromatic heterocycles. The van der Waals surface area contributed by atoms with Crippen molar-refractivity contribution in [2.24, 2.45) is 0 Å². The van der Waals surface area contributed by atoms with Gasteiger partial charge in [0.2, 0.25) is 5.95 Å². The summed E-state index contributed by atoms with van der Waals surface area (Å²) in [5, 5.41) is 16.0. The molecule has 0 spiro atoms. The van der Waals surface area contributed by atoms with Crippen molar-refractivity contribution in [3.8, 4) is 28.8 Å². The van der Waals surface area contributed by atoms with Gasteiger partial charge in [-0.3, -0.25) is 0 Å². The minimum Gasteiger partial charge on any atom is -0.489 e. The number of benzene rings is 2. The first kappa shape index (κ1) is 23.0. The highest BCUT2D eigenvalue weighted by molar-refractivity contribution is 5.66. The van der Waals surface area contributed by atoms with Crippen molar-refractivity contribution in [2.75, 3.05) is 31.6 Å². The van der Waals surface area contributed by atoms with E-state index in [1.807, 2.05) is 6.07 Å². The molecular weight excluding hydrogens is 449 g/mol. The Labute approximate surface area is 203 Å². The summed E-state index contributed by atoms with van der Waals surface area (Å²) in [4.78, 5) is 8.87. The number of ether oxygens (including phenoxy) is 3. The molecule has 2 saturated heterocycles. The first-order valence-electron chi connectivity index (χ1n) is 11.7. The zero-order valence-corrected chi connectivity index (χ0v) is 19.2. The van der Waals surface area contributed by atoms with Gasteiger partial charge in [-0.15, -0.1) is 0 Å². The predicted molar refractivity (Wildman–Crippen MR) is 128 cm³/mol. The Morgan fingerprint density at radius 2 is 1.89 bits per heavy atom. The van der Waals surface area contributed by atoms with Gasteiger partial charge < -0.3 is 24.8 Å². The van der Waals surface area contributed by atoms with Crippen molar-refractivity contribution >= 4 is 11.6 Å².